The van der Waals surface area contributed by atoms with E-state index in [0.29, 0.717) is 5.69 Å². The summed E-state index contributed by atoms with van der Waals surface area (Å²) in [7, 11) is 0. The number of carbonyl (C=O) groups excluding carboxylic acids is 1. The van der Waals surface area contributed by atoms with Gasteiger partial charge in [-0.2, -0.15) is 0 Å². The smallest absolute Gasteiger partial charge is 0.268 e. The van der Waals surface area contributed by atoms with Crippen molar-refractivity contribution in [2.24, 2.45) is 5.73 Å². The molecule has 2 N–H and O–H groups in total. The molecule has 2 rings (SSSR count). The van der Waals surface area contributed by atoms with Crippen LogP contribution < -0.4 is 5.73 Å². The predicted octanol–water partition coefficient (Wildman–Crippen LogP) is 1.23. The maximum absolute atomic E-state index is 10.9. The zero-order valence-corrected chi connectivity index (χ0v) is 9.42. The number of piperidine rings is 1. The van der Waals surface area contributed by atoms with Crippen molar-refractivity contribution in [1.29, 1.82) is 0 Å². The van der Waals surface area contributed by atoms with Crippen molar-refractivity contribution in [3.05, 3.63) is 16.1 Å². The number of likely N-dealkylation sites (tertiary alicyclic amines) is 1. The molecule has 15 heavy (non-hydrogen) atoms. The van der Waals surface area contributed by atoms with Gasteiger partial charge in [0.15, 0.2) is 0 Å². The number of hydrogen-bond acceptors (Lipinski definition) is 4. The maximum atomic E-state index is 10.9. The minimum Gasteiger partial charge on any atom is -0.364 e. The minimum absolute atomic E-state index is 0.395. The van der Waals surface area contributed by atoms with E-state index in [2.05, 4.69) is 9.88 Å². The number of hydrogen-bond donors (Lipinski definition) is 1. The monoisotopic (exact) mass is 225 g/mol. The number of primary amides is 1. The van der Waals surface area contributed by atoms with Crippen LogP contribution in [0.1, 0.15) is 34.8 Å². The van der Waals surface area contributed by atoms with Crippen molar-refractivity contribution in [1.82, 2.24) is 9.88 Å². The van der Waals surface area contributed by atoms with Crippen LogP contribution in [0.5, 0.6) is 0 Å². The summed E-state index contributed by atoms with van der Waals surface area (Å²) in [5, 5.41) is 2.73. The zero-order valence-electron chi connectivity index (χ0n) is 8.61. The molecule has 5 heteroatoms. The summed E-state index contributed by atoms with van der Waals surface area (Å²) in [5.41, 5.74) is 5.55. The molecule has 0 unspecified atom stereocenters. The van der Waals surface area contributed by atoms with E-state index in [1.807, 2.05) is 0 Å². The first-order chi connectivity index (χ1) is 7.25. The molecule has 0 saturated carbocycles. The Labute approximate surface area is 93.1 Å². The van der Waals surface area contributed by atoms with E-state index in [1.165, 1.54) is 30.6 Å². The summed E-state index contributed by atoms with van der Waals surface area (Å²) >= 11 is 1.52. The lowest BCUT2D eigenvalue weighted by molar-refractivity contribution is 0.0996. The molecule has 82 valence electrons. The summed E-state index contributed by atoms with van der Waals surface area (Å²) in [5.74, 6) is -0.434. The van der Waals surface area contributed by atoms with Crippen LogP contribution in [0.2, 0.25) is 0 Å². The van der Waals surface area contributed by atoms with Crippen LogP contribution in [0.15, 0.2) is 5.38 Å². The van der Waals surface area contributed by atoms with Crippen LogP contribution in [-0.2, 0) is 6.54 Å². The first-order valence-electron chi connectivity index (χ1n) is 5.22. The molecule has 1 saturated heterocycles. The Balaban J connectivity index is 1.94. The molecule has 0 atom stereocenters. The van der Waals surface area contributed by atoms with Crippen molar-refractivity contribution in [3.8, 4) is 0 Å². The highest BCUT2D eigenvalue weighted by molar-refractivity contribution is 7.09. The van der Waals surface area contributed by atoms with Gasteiger partial charge in [-0.1, -0.05) is 6.42 Å². The Morgan fingerprint density at radius 1 is 1.47 bits per heavy atom. The molecule has 0 radical (unpaired) electrons. The summed E-state index contributed by atoms with van der Waals surface area (Å²) < 4.78 is 0. The minimum atomic E-state index is -0.434. The topological polar surface area (TPSA) is 59.2 Å². The van der Waals surface area contributed by atoms with Gasteiger partial charge in [-0.25, -0.2) is 4.98 Å². The molecule has 1 aromatic rings. The summed E-state index contributed by atoms with van der Waals surface area (Å²) in [6.07, 6.45) is 3.88. The largest absolute Gasteiger partial charge is 0.364 e. The van der Waals surface area contributed by atoms with E-state index in [1.54, 1.807) is 5.38 Å². The van der Waals surface area contributed by atoms with Gasteiger partial charge in [-0.3, -0.25) is 9.69 Å². The highest BCUT2D eigenvalue weighted by Gasteiger charge is 2.13. The fourth-order valence-corrected chi connectivity index (χ4v) is 2.63. The summed E-state index contributed by atoms with van der Waals surface area (Å²) in [6.45, 7) is 3.15. The fourth-order valence-electron chi connectivity index (χ4n) is 1.81. The van der Waals surface area contributed by atoms with Gasteiger partial charge >= 0.3 is 0 Å². The SMILES string of the molecule is NC(=O)c1csc(CN2CCCCC2)n1. The van der Waals surface area contributed by atoms with Crippen molar-refractivity contribution in [2.75, 3.05) is 13.1 Å². The zero-order chi connectivity index (χ0) is 10.7. The fraction of sp³-hybridized carbons (Fsp3) is 0.600. The predicted molar refractivity (Wildman–Crippen MR) is 59.8 cm³/mol. The van der Waals surface area contributed by atoms with Gasteiger partial charge in [0.25, 0.3) is 5.91 Å². The van der Waals surface area contributed by atoms with E-state index >= 15 is 0 Å². The molecule has 1 aliphatic heterocycles. The van der Waals surface area contributed by atoms with Gasteiger partial charge in [0.05, 0.1) is 6.54 Å². The molecule has 1 aliphatic rings. The maximum Gasteiger partial charge on any atom is 0.268 e. The van der Waals surface area contributed by atoms with Gasteiger partial charge < -0.3 is 5.73 Å². The third kappa shape index (κ3) is 2.76. The van der Waals surface area contributed by atoms with E-state index < -0.39 is 5.91 Å². The lowest BCUT2D eigenvalue weighted by atomic mass is 10.1. The number of carbonyl (C=O) groups is 1. The first-order valence-corrected chi connectivity index (χ1v) is 6.10. The second-order valence-corrected chi connectivity index (χ2v) is 4.77. The second kappa shape index (κ2) is 4.72. The summed E-state index contributed by atoms with van der Waals surface area (Å²) in [4.78, 5) is 17.4. The number of amides is 1. The third-order valence-corrected chi connectivity index (χ3v) is 3.45. The average molecular weight is 225 g/mol. The van der Waals surface area contributed by atoms with Crippen molar-refractivity contribution in [2.45, 2.75) is 25.8 Å². The average Bonchev–Trinajstić information content (AvgIpc) is 2.68. The standard InChI is InChI=1S/C10H15N3OS/c11-10(14)8-7-15-9(12-8)6-13-4-2-1-3-5-13/h7H,1-6H2,(H2,11,14). The normalized spacial score (nSPS) is 17.9. The number of nitrogens with two attached hydrogens (primary N) is 1. The molecule has 1 aromatic heterocycles. The molecule has 0 spiro atoms. The van der Waals surface area contributed by atoms with Crippen LogP contribution in [0.3, 0.4) is 0 Å². The van der Waals surface area contributed by atoms with E-state index in [-0.39, 0.29) is 0 Å². The Morgan fingerprint density at radius 3 is 2.80 bits per heavy atom. The molecular weight excluding hydrogens is 210 g/mol. The Morgan fingerprint density at radius 2 is 2.20 bits per heavy atom. The molecule has 4 nitrogen and oxygen atoms in total. The first kappa shape index (κ1) is 10.6. The molecule has 0 aromatic carbocycles. The number of nitrogens with zero attached hydrogens (tertiary/aromatic N) is 2. The lowest BCUT2D eigenvalue weighted by Crippen LogP contribution is -2.29. The Kier molecular flexibility index (Phi) is 3.33. The molecule has 1 fully saturated rings. The van der Waals surface area contributed by atoms with E-state index in [9.17, 15) is 4.79 Å². The van der Waals surface area contributed by atoms with Crippen LogP contribution in [0.4, 0.5) is 0 Å². The van der Waals surface area contributed by atoms with Gasteiger partial charge in [-0.15, -0.1) is 11.3 Å². The van der Waals surface area contributed by atoms with E-state index in [0.717, 1.165) is 24.6 Å². The van der Waals surface area contributed by atoms with Crippen LogP contribution >= 0.6 is 11.3 Å². The number of aromatic nitrogens is 1. The third-order valence-electron chi connectivity index (χ3n) is 2.61. The highest BCUT2D eigenvalue weighted by Crippen LogP contribution is 2.15. The van der Waals surface area contributed by atoms with Crippen molar-refractivity contribution in [3.63, 3.8) is 0 Å². The number of rotatable bonds is 3. The van der Waals surface area contributed by atoms with Gasteiger partial charge in [0.2, 0.25) is 0 Å². The quantitative estimate of drug-likeness (QED) is 0.841. The molecule has 2 heterocycles. The summed E-state index contributed by atoms with van der Waals surface area (Å²) in [6, 6.07) is 0. The second-order valence-electron chi connectivity index (χ2n) is 3.83. The molecule has 0 bridgehead atoms. The van der Waals surface area contributed by atoms with Gasteiger partial charge in [0, 0.05) is 5.38 Å². The van der Waals surface area contributed by atoms with Crippen LogP contribution in [0, 0.1) is 0 Å². The van der Waals surface area contributed by atoms with Gasteiger partial charge in [0.1, 0.15) is 10.7 Å². The van der Waals surface area contributed by atoms with Crippen LogP contribution in [-0.4, -0.2) is 28.9 Å². The van der Waals surface area contributed by atoms with Crippen molar-refractivity contribution >= 4 is 17.2 Å². The highest BCUT2D eigenvalue weighted by atomic mass is 32.1. The molecular formula is C10H15N3OS. The lowest BCUT2D eigenvalue weighted by Gasteiger charge is -2.25. The Hall–Kier alpha value is -0.940. The van der Waals surface area contributed by atoms with E-state index in [4.69, 9.17) is 5.73 Å². The number of thiazole rings is 1. The molecule has 0 aliphatic carbocycles. The van der Waals surface area contributed by atoms with Gasteiger partial charge in [-0.05, 0) is 25.9 Å². The van der Waals surface area contributed by atoms with Crippen molar-refractivity contribution < 1.29 is 4.79 Å². The Bertz CT molecular complexity index is 344. The molecule has 1 amide bonds. The van der Waals surface area contributed by atoms with Crippen LogP contribution in [0.25, 0.3) is 0 Å².